The molecule has 0 unspecified atom stereocenters. The van der Waals surface area contributed by atoms with E-state index in [1.807, 2.05) is 6.07 Å². The monoisotopic (exact) mass is 596 g/mol. The van der Waals surface area contributed by atoms with E-state index in [-0.39, 0.29) is 0 Å². The van der Waals surface area contributed by atoms with Crippen molar-refractivity contribution in [2.75, 3.05) is 0 Å². The fourth-order valence-corrected chi connectivity index (χ4v) is 7.75. The van der Waals surface area contributed by atoms with Crippen molar-refractivity contribution in [3.05, 3.63) is 170 Å². The number of benzene rings is 9. The van der Waals surface area contributed by atoms with Crippen LogP contribution in [0.4, 0.5) is 0 Å². The van der Waals surface area contributed by atoms with E-state index < -0.39 is 0 Å². The highest BCUT2D eigenvalue weighted by Gasteiger charge is 2.19. The Hall–Kier alpha value is -6.18. The van der Waals surface area contributed by atoms with E-state index in [4.69, 9.17) is 4.42 Å². The van der Waals surface area contributed by atoms with Gasteiger partial charge in [0.25, 0.3) is 0 Å². The maximum atomic E-state index is 6.25. The average molecular weight is 597 g/mol. The quantitative estimate of drug-likeness (QED) is 0.146. The smallest absolute Gasteiger partial charge is 0.135 e. The third-order valence-corrected chi connectivity index (χ3v) is 9.83. The second-order valence-corrected chi connectivity index (χ2v) is 12.4. The Morgan fingerprint density at radius 2 is 0.830 bits per heavy atom. The van der Waals surface area contributed by atoms with Gasteiger partial charge < -0.3 is 4.42 Å². The molecule has 47 heavy (non-hydrogen) atoms. The van der Waals surface area contributed by atoms with E-state index >= 15 is 0 Å². The average Bonchev–Trinajstić information content (AvgIpc) is 3.51. The van der Waals surface area contributed by atoms with Crippen LogP contribution in [0.5, 0.6) is 0 Å². The second kappa shape index (κ2) is 10.2. The Kier molecular flexibility index (Phi) is 5.64. The van der Waals surface area contributed by atoms with Crippen molar-refractivity contribution in [1.82, 2.24) is 0 Å². The van der Waals surface area contributed by atoms with Crippen LogP contribution in [0.15, 0.2) is 174 Å². The molecule has 0 spiro atoms. The lowest BCUT2D eigenvalue weighted by Crippen LogP contribution is -1.92. The summed E-state index contributed by atoms with van der Waals surface area (Å²) in [6.07, 6.45) is 0. The van der Waals surface area contributed by atoms with Crippen molar-refractivity contribution < 1.29 is 4.42 Å². The van der Waals surface area contributed by atoms with Crippen molar-refractivity contribution in [2.24, 2.45) is 0 Å². The Labute approximate surface area is 271 Å². The molecule has 1 aromatic heterocycles. The van der Waals surface area contributed by atoms with Crippen LogP contribution in [-0.2, 0) is 0 Å². The van der Waals surface area contributed by atoms with Gasteiger partial charge in [0.05, 0.1) is 0 Å². The first-order valence-electron chi connectivity index (χ1n) is 16.2. The number of fused-ring (bicyclic) bond motifs is 8. The number of para-hydroxylation sites is 1. The summed E-state index contributed by atoms with van der Waals surface area (Å²) in [6.45, 7) is 0. The minimum absolute atomic E-state index is 0.910. The maximum absolute atomic E-state index is 6.25. The van der Waals surface area contributed by atoms with Crippen LogP contribution in [0.1, 0.15) is 0 Å². The van der Waals surface area contributed by atoms with E-state index in [9.17, 15) is 0 Å². The number of furan rings is 1. The van der Waals surface area contributed by atoms with Crippen LogP contribution in [0.3, 0.4) is 0 Å². The summed E-state index contributed by atoms with van der Waals surface area (Å²) in [6, 6.07) is 61.7. The van der Waals surface area contributed by atoms with Crippen molar-refractivity contribution >= 4 is 65.0 Å². The molecule has 0 aliphatic carbocycles. The molecule has 0 fully saturated rings. The van der Waals surface area contributed by atoms with Crippen molar-refractivity contribution in [3.63, 3.8) is 0 Å². The molecule has 0 bridgehead atoms. The zero-order valence-electron chi connectivity index (χ0n) is 25.6. The lowest BCUT2D eigenvalue weighted by atomic mass is 9.84. The van der Waals surface area contributed by atoms with Gasteiger partial charge in [-0.2, -0.15) is 0 Å². The highest BCUT2D eigenvalue weighted by molar-refractivity contribution is 6.23. The van der Waals surface area contributed by atoms with Gasteiger partial charge in [-0.25, -0.2) is 0 Å². The number of hydrogen-bond donors (Lipinski definition) is 0. The van der Waals surface area contributed by atoms with E-state index in [0.29, 0.717) is 0 Å². The topological polar surface area (TPSA) is 13.1 Å². The van der Waals surface area contributed by atoms with E-state index in [0.717, 1.165) is 21.9 Å². The van der Waals surface area contributed by atoms with Crippen LogP contribution in [0.25, 0.3) is 98.4 Å². The van der Waals surface area contributed by atoms with Gasteiger partial charge in [0.2, 0.25) is 0 Å². The molecule has 0 atom stereocenters. The lowest BCUT2D eigenvalue weighted by molar-refractivity contribution is 0.669. The SMILES string of the molecule is c1ccc(-c2c3ccccc3c(-c3ccc4oc5ccccc5c4c3)c3cc(-c4cc5ccccc5c5ccccc45)ccc23)cc1. The summed E-state index contributed by atoms with van der Waals surface area (Å²) in [4.78, 5) is 0. The molecule has 1 nitrogen and oxygen atoms in total. The van der Waals surface area contributed by atoms with Gasteiger partial charge in [-0.1, -0.05) is 140 Å². The van der Waals surface area contributed by atoms with Gasteiger partial charge in [0.1, 0.15) is 11.2 Å². The molecule has 9 aromatic carbocycles. The minimum atomic E-state index is 0.910. The zero-order valence-corrected chi connectivity index (χ0v) is 25.6. The summed E-state index contributed by atoms with van der Waals surface area (Å²) in [5.41, 5.74) is 9.21. The Morgan fingerprint density at radius 3 is 1.64 bits per heavy atom. The van der Waals surface area contributed by atoms with Crippen LogP contribution in [0.2, 0.25) is 0 Å². The van der Waals surface area contributed by atoms with Gasteiger partial charge in [-0.05, 0) is 107 Å². The van der Waals surface area contributed by atoms with Crippen LogP contribution in [0, 0.1) is 0 Å². The van der Waals surface area contributed by atoms with E-state index in [1.54, 1.807) is 0 Å². The van der Waals surface area contributed by atoms with Crippen molar-refractivity contribution in [2.45, 2.75) is 0 Å². The van der Waals surface area contributed by atoms with Gasteiger partial charge in [-0.3, -0.25) is 0 Å². The minimum Gasteiger partial charge on any atom is -0.456 e. The molecule has 1 heteroatoms. The maximum Gasteiger partial charge on any atom is 0.135 e. The molecule has 10 rings (SSSR count). The molecule has 0 amide bonds. The van der Waals surface area contributed by atoms with Crippen molar-refractivity contribution in [3.8, 4) is 33.4 Å². The molecular formula is C46H28O. The van der Waals surface area contributed by atoms with E-state index in [2.05, 4.69) is 164 Å². The highest BCUT2D eigenvalue weighted by Crippen LogP contribution is 2.46. The highest BCUT2D eigenvalue weighted by atomic mass is 16.3. The number of rotatable bonds is 3. The van der Waals surface area contributed by atoms with Crippen molar-refractivity contribution in [1.29, 1.82) is 0 Å². The fourth-order valence-electron chi connectivity index (χ4n) is 7.75. The molecule has 0 aliphatic rings. The second-order valence-electron chi connectivity index (χ2n) is 12.4. The first-order chi connectivity index (χ1) is 23.3. The standard InChI is InChI=1S/C46H28O/c1-2-12-29(13-3-1)45-37-19-8-9-20-38(37)46(32-23-25-44-41(28-32)36-18-10-11-21-43(36)47-44)42-27-31(22-24-39(42)45)40-26-30-14-4-5-15-33(30)34-16-6-7-17-35(34)40/h1-28H. The molecule has 10 aromatic rings. The Balaban J connectivity index is 1.35. The third kappa shape index (κ3) is 3.97. The fraction of sp³-hybridized carbons (Fsp3) is 0. The summed E-state index contributed by atoms with van der Waals surface area (Å²) < 4.78 is 6.25. The van der Waals surface area contributed by atoms with E-state index in [1.165, 1.54) is 76.5 Å². The molecule has 1 heterocycles. The first-order valence-corrected chi connectivity index (χ1v) is 16.2. The predicted octanol–water partition coefficient (Wildman–Crippen LogP) is 13.2. The molecule has 0 radical (unpaired) electrons. The molecule has 0 saturated carbocycles. The van der Waals surface area contributed by atoms with Crippen LogP contribution >= 0.6 is 0 Å². The summed E-state index contributed by atoms with van der Waals surface area (Å²) in [5.74, 6) is 0. The Morgan fingerprint density at radius 1 is 0.277 bits per heavy atom. The van der Waals surface area contributed by atoms with Crippen LogP contribution in [-0.4, -0.2) is 0 Å². The van der Waals surface area contributed by atoms with Gasteiger partial charge in [0.15, 0.2) is 0 Å². The lowest BCUT2D eigenvalue weighted by Gasteiger charge is -2.19. The predicted molar refractivity (Wildman–Crippen MR) is 200 cm³/mol. The number of hydrogen-bond acceptors (Lipinski definition) is 1. The zero-order chi connectivity index (χ0) is 30.9. The largest absolute Gasteiger partial charge is 0.456 e. The van der Waals surface area contributed by atoms with Crippen LogP contribution < -0.4 is 0 Å². The first kappa shape index (κ1) is 26.1. The molecular weight excluding hydrogens is 569 g/mol. The molecule has 0 N–H and O–H groups in total. The molecule has 218 valence electrons. The van der Waals surface area contributed by atoms with Gasteiger partial charge in [-0.15, -0.1) is 0 Å². The summed E-state index contributed by atoms with van der Waals surface area (Å²) >= 11 is 0. The van der Waals surface area contributed by atoms with Gasteiger partial charge >= 0.3 is 0 Å². The Bertz CT molecular complexity index is 2840. The summed E-state index contributed by atoms with van der Waals surface area (Å²) in [5, 5.41) is 12.3. The third-order valence-electron chi connectivity index (χ3n) is 9.83. The normalized spacial score (nSPS) is 11.8. The molecule has 0 saturated heterocycles. The molecule has 0 aliphatic heterocycles. The van der Waals surface area contributed by atoms with Gasteiger partial charge in [0, 0.05) is 10.8 Å². The summed E-state index contributed by atoms with van der Waals surface area (Å²) in [7, 11) is 0.